The van der Waals surface area contributed by atoms with E-state index >= 15 is 0 Å². The van der Waals surface area contributed by atoms with Crippen LogP contribution in [0.2, 0.25) is 0 Å². The highest BCUT2D eigenvalue weighted by atomic mass is 16.6. The zero-order valence-corrected chi connectivity index (χ0v) is 25.4. The van der Waals surface area contributed by atoms with Crippen LogP contribution in [-0.4, -0.2) is 26.2 Å². The van der Waals surface area contributed by atoms with Gasteiger partial charge in [-0.2, -0.15) is 0 Å². The minimum Gasteiger partial charge on any atom is -0.444 e. The number of para-hydroxylation sites is 1. The molecule has 1 fully saturated rings. The molecule has 0 unspecified atom stereocenters. The van der Waals surface area contributed by atoms with Crippen LogP contribution in [0.1, 0.15) is 56.9 Å². The molecule has 3 aromatic carbocycles. The van der Waals surface area contributed by atoms with Gasteiger partial charge < -0.3 is 15.4 Å². The second kappa shape index (κ2) is 11.0. The number of nitrogens with zero attached hydrogens (tertiary/aromatic N) is 3. The number of alkyl carbamates (subject to hydrolysis) is 1. The molecule has 7 heteroatoms. The summed E-state index contributed by atoms with van der Waals surface area (Å²) < 4.78 is 7.87. The van der Waals surface area contributed by atoms with Gasteiger partial charge in [0.1, 0.15) is 11.4 Å². The van der Waals surface area contributed by atoms with Crippen molar-refractivity contribution in [2.24, 2.45) is 0 Å². The van der Waals surface area contributed by atoms with Gasteiger partial charge in [0.05, 0.1) is 28.3 Å². The molecule has 0 saturated heterocycles. The minimum atomic E-state index is -0.548. The summed E-state index contributed by atoms with van der Waals surface area (Å²) >= 11 is 0. The first kappa shape index (κ1) is 27.9. The van der Waals surface area contributed by atoms with Crippen LogP contribution in [-0.2, 0) is 23.1 Å². The first-order valence-electron chi connectivity index (χ1n) is 15.4. The van der Waals surface area contributed by atoms with E-state index in [1.807, 2.05) is 39.1 Å². The molecule has 1 aliphatic carbocycles. The van der Waals surface area contributed by atoms with Gasteiger partial charge in [0.25, 0.3) is 0 Å². The van der Waals surface area contributed by atoms with Crippen LogP contribution in [0.15, 0.2) is 97.2 Å². The Balaban J connectivity index is 1.33. The number of hydrogen-bond donors (Lipinski definition) is 2. The maximum Gasteiger partial charge on any atom is 0.408 e. The van der Waals surface area contributed by atoms with E-state index < -0.39 is 11.1 Å². The molecule has 5 aromatic rings. The van der Waals surface area contributed by atoms with E-state index in [2.05, 4.69) is 94.1 Å². The first-order valence-corrected chi connectivity index (χ1v) is 15.4. The quantitative estimate of drug-likeness (QED) is 0.206. The summed E-state index contributed by atoms with van der Waals surface area (Å²) in [5, 5.41) is 6.74. The van der Waals surface area contributed by atoms with Gasteiger partial charge in [-0.05, 0) is 88.3 Å². The van der Waals surface area contributed by atoms with E-state index in [9.17, 15) is 4.79 Å². The number of fused-ring (bicyclic) bond motifs is 5. The average molecular weight is 584 g/mol. The summed E-state index contributed by atoms with van der Waals surface area (Å²) in [5.74, 6) is 1.68. The number of carbonyl (C=O) groups excluding carboxylic acids is 1. The van der Waals surface area contributed by atoms with Crippen LogP contribution in [0.4, 0.5) is 16.3 Å². The van der Waals surface area contributed by atoms with Crippen molar-refractivity contribution in [2.45, 2.75) is 64.0 Å². The summed E-state index contributed by atoms with van der Waals surface area (Å²) in [6, 6.07) is 31.6. The van der Waals surface area contributed by atoms with Crippen molar-refractivity contribution in [1.29, 1.82) is 0 Å². The lowest BCUT2D eigenvalue weighted by atomic mass is 9.71. The van der Waals surface area contributed by atoms with Gasteiger partial charge in [0.2, 0.25) is 0 Å². The van der Waals surface area contributed by atoms with Gasteiger partial charge in [-0.15, -0.1) is 0 Å². The molecule has 222 valence electrons. The fourth-order valence-electron chi connectivity index (χ4n) is 6.31. The van der Waals surface area contributed by atoms with Gasteiger partial charge in [0, 0.05) is 17.3 Å². The van der Waals surface area contributed by atoms with Crippen molar-refractivity contribution >= 4 is 17.6 Å². The highest BCUT2D eigenvalue weighted by Gasteiger charge is 2.41. The summed E-state index contributed by atoms with van der Waals surface area (Å²) in [5.41, 5.74) is 7.53. The van der Waals surface area contributed by atoms with Gasteiger partial charge in [-0.1, -0.05) is 66.7 Å². The fraction of sp³-hybridized carbons (Fsp3) is 0.270. The van der Waals surface area contributed by atoms with Crippen LogP contribution in [0.25, 0.3) is 28.3 Å². The molecule has 0 atom stereocenters. The Morgan fingerprint density at radius 2 is 1.68 bits per heavy atom. The number of pyridine rings is 1. The molecule has 1 aliphatic heterocycles. The van der Waals surface area contributed by atoms with E-state index in [-0.39, 0.29) is 6.09 Å². The Kier molecular flexibility index (Phi) is 6.96. The molecule has 0 spiro atoms. The van der Waals surface area contributed by atoms with E-state index in [1.54, 1.807) is 0 Å². The molecule has 1 amide bonds. The highest BCUT2D eigenvalue weighted by molar-refractivity contribution is 5.86. The number of anilines is 2. The second-order valence-corrected chi connectivity index (χ2v) is 12.7. The largest absolute Gasteiger partial charge is 0.444 e. The number of aryl methyl sites for hydroxylation is 2. The lowest BCUT2D eigenvalue weighted by molar-refractivity contribution is 0.0377. The number of benzene rings is 3. The smallest absolute Gasteiger partial charge is 0.408 e. The Morgan fingerprint density at radius 3 is 2.41 bits per heavy atom. The third kappa shape index (κ3) is 5.23. The van der Waals surface area contributed by atoms with Crippen molar-refractivity contribution < 1.29 is 9.53 Å². The van der Waals surface area contributed by atoms with Crippen LogP contribution in [0.3, 0.4) is 0 Å². The van der Waals surface area contributed by atoms with Crippen molar-refractivity contribution in [3.8, 4) is 28.3 Å². The lowest BCUT2D eigenvalue weighted by Crippen LogP contribution is -2.52. The normalized spacial score (nSPS) is 14.6. The van der Waals surface area contributed by atoms with Crippen LogP contribution in [0, 0.1) is 0 Å². The van der Waals surface area contributed by atoms with Crippen molar-refractivity contribution in [3.05, 3.63) is 114 Å². The van der Waals surface area contributed by atoms with Crippen molar-refractivity contribution in [2.75, 3.05) is 5.32 Å². The number of rotatable bonds is 6. The molecule has 2 aromatic heterocycles. The van der Waals surface area contributed by atoms with Crippen molar-refractivity contribution in [3.63, 3.8) is 0 Å². The number of nitrogens with one attached hydrogen (secondary N) is 2. The number of carbonyl (C=O) groups is 1. The molecule has 2 N–H and O–H groups in total. The van der Waals surface area contributed by atoms with Crippen molar-refractivity contribution in [1.82, 2.24) is 19.9 Å². The molecule has 2 aliphatic rings. The topological polar surface area (TPSA) is 81.1 Å². The van der Waals surface area contributed by atoms with Crippen LogP contribution < -0.4 is 10.6 Å². The van der Waals surface area contributed by atoms with E-state index in [4.69, 9.17) is 14.7 Å². The molecule has 7 nitrogen and oxygen atoms in total. The maximum absolute atomic E-state index is 12.8. The summed E-state index contributed by atoms with van der Waals surface area (Å²) in [4.78, 5) is 22.8. The first-order chi connectivity index (χ1) is 21.3. The Morgan fingerprint density at radius 1 is 0.932 bits per heavy atom. The second-order valence-electron chi connectivity index (χ2n) is 12.7. The third-order valence-electron chi connectivity index (χ3n) is 8.55. The highest BCUT2D eigenvalue weighted by Crippen LogP contribution is 2.44. The molecule has 7 rings (SSSR count). The summed E-state index contributed by atoms with van der Waals surface area (Å²) in [7, 11) is 0. The van der Waals surface area contributed by atoms with Gasteiger partial charge in [0.15, 0.2) is 5.82 Å². The SMILES string of the molecule is CC(C)(C)OC(=O)NC1(c2ccc(-c3c(CCc4ccccc4)nc4n3-c3cccnc3Nc3ccccc3-4)cc2)CCC1. The molecular weight excluding hydrogens is 546 g/mol. The summed E-state index contributed by atoms with van der Waals surface area (Å²) in [6.07, 6.45) is 5.95. The minimum absolute atomic E-state index is 0.374. The number of ether oxygens (including phenoxy) is 1. The Bertz CT molecular complexity index is 1820. The number of imidazole rings is 1. The molecule has 3 heterocycles. The predicted octanol–water partition coefficient (Wildman–Crippen LogP) is 8.35. The molecule has 44 heavy (non-hydrogen) atoms. The van der Waals surface area contributed by atoms with Gasteiger partial charge >= 0.3 is 6.09 Å². The van der Waals surface area contributed by atoms with Gasteiger partial charge in [-0.3, -0.25) is 4.57 Å². The zero-order valence-electron chi connectivity index (χ0n) is 25.4. The van der Waals surface area contributed by atoms with E-state index in [0.717, 1.165) is 83.2 Å². The summed E-state index contributed by atoms with van der Waals surface area (Å²) in [6.45, 7) is 5.67. The molecule has 0 bridgehead atoms. The average Bonchev–Trinajstić information content (AvgIpc) is 3.31. The monoisotopic (exact) mass is 583 g/mol. The third-order valence-corrected chi connectivity index (χ3v) is 8.55. The Labute approximate surface area is 258 Å². The Hall–Kier alpha value is -4.91. The van der Waals surface area contributed by atoms with Gasteiger partial charge in [-0.25, -0.2) is 14.8 Å². The van der Waals surface area contributed by atoms with E-state index in [1.165, 1.54) is 5.56 Å². The number of hydrogen-bond acceptors (Lipinski definition) is 5. The maximum atomic E-state index is 12.8. The van der Waals surface area contributed by atoms with E-state index in [0.29, 0.717) is 0 Å². The molecule has 1 saturated carbocycles. The standard InChI is InChI=1S/C37H37N5O2/c1-36(2,3)44-35(43)41-37(22-10-23-37)27-19-17-26(18-20-27)32-30(21-16-25-11-5-4-6-12-25)40-34-28-13-7-8-14-29(28)39-33-31(42(32)34)15-9-24-38-33/h4-9,11-15,17-20,24H,10,16,21-23H2,1-3H3,(H,38,39)(H,41,43). The number of aromatic nitrogens is 3. The lowest BCUT2D eigenvalue weighted by Gasteiger charge is -2.43. The fourth-order valence-corrected chi connectivity index (χ4v) is 6.31. The van der Waals surface area contributed by atoms with Crippen LogP contribution >= 0.6 is 0 Å². The molecule has 0 radical (unpaired) electrons. The predicted molar refractivity (Wildman–Crippen MR) is 174 cm³/mol. The zero-order chi connectivity index (χ0) is 30.3. The number of amides is 1. The molecular formula is C37H37N5O2. The van der Waals surface area contributed by atoms with Crippen LogP contribution in [0.5, 0.6) is 0 Å².